The molecule has 28 heavy (non-hydrogen) atoms. The van der Waals surface area contributed by atoms with Crippen molar-refractivity contribution in [2.45, 2.75) is 26.0 Å². The van der Waals surface area contributed by atoms with Crippen LogP contribution in [0.2, 0.25) is 0 Å². The van der Waals surface area contributed by atoms with Gasteiger partial charge in [0, 0.05) is 26.3 Å². The van der Waals surface area contributed by atoms with Crippen LogP contribution in [0, 0.1) is 12.7 Å². The summed E-state index contributed by atoms with van der Waals surface area (Å²) in [6, 6.07) is 12.4. The molecule has 2 aromatic rings. The van der Waals surface area contributed by atoms with Gasteiger partial charge in [-0.05, 0) is 37.6 Å². The Morgan fingerprint density at radius 1 is 1.14 bits per heavy atom. The minimum atomic E-state index is -0.264. The number of halogens is 2. The number of ether oxygens (including phenoxy) is 2. The second-order valence-corrected chi connectivity index (χ2v) is 6.34. The lowest BCUT2D eigenvalue weighted by Gasteiger charge is -2.22. The van der Waals surface area contributed by atoms with E-state index < -0.39 is 0 Å². The van der Waals surface area contributed by atoms with Crippen LogP contribution in [0.25, 0.3) is 0 Å². The Hall–Kier alpha value is -1.87. The van der Waals surface area contributed by atoms with E-state index in [1.807, 2.05) is 12.1 Å². The lowest BCUT2D eigenvalue weighted by molar-refractivity contribution is 0.106. The molecule has 2 rings (SSSR count). The zero-order valence-corrected chi connectivity index (χ0v) is 19.3. The highest BCUT2D eigenvalue weighted by Gasteiger charge is 2.15. The molecule has 0 aromatic heterocycles. The lowest BCUT2D eigenvalue weighted by Crippen LogP contribution is -2.40. The van der Waals surface area contributed by atoms with Crippen LogP contribution in [-0.2, 0) is 4.74 Å². The van der Waals surface area contributed by atoms with Gasteiger partial charge in [0.25, 0.3) is 0 Å². The number of hydrogen-bond donors (Lipinski definition) is 2. The zero-order valence-electron chi connectivity index (χ0n) is 17.0. The van der Waals surface area contributed by atoms with E-state index in [9.17, 15) is 4.39 Å². The van der Waals surface area contributed by atoms with Gasteiger partial charge in [-0.15, -0.1) is 24.0 Å². The molecule has 0 heterocycles. The highest BCUT2D eigenvalue weighted by atomic mass is 127. The number of nitrogens with zero attached hydrogens (tertiary/aromatic N) is 1. The maximum atomic E-state index is 13.1. The molecule has 2 N–H and O–H groups in total. The monoisotopic (exact) mass is 501 g/mol. The topological polar surface area (TPSA) is 54.9 Å². The molecule has 0 radical (unpaired) electrons. The van der Waals surface area contributed by atoms with E-state index in [2.05, 4.69) is 35.5 Å². The van der Waals surface area contributed by atoms with E-state index in [1.165, 1.54) is 12.1 Å². The van der Waals surface area contributed by atoms with Crippen LogP contribution in [-0.4, -0.2) is 33.8 Å². The van der Waals surface area contributed by atoms with Crippen LogP contribution in [0.4, 0.5) is 4.39 Å². The number of methoxy groups -OCH3 is 2. The third kappa shape index (κ3) is 6.63. The number of hydrogen-bond acceptors (Lipinski definition) is 3. The first-order chi connectivity index (χ1) is 13.0. The van der Waals surface area contributed by atoms with Crippen molar-refractivity contribution in [3.05, 3.63) is 65.0 Å². The lowest BCUT2D eigenvalue weighted by atomic mass is 10.0. The Morgan fingerprint density at radius 3 is 2.39 bits per heavy atom. The normalized spacial score (nSPS) is 13.3. The first-order valence-electron chi connectivity index (χ1n) is 8.88. The fourth-order valence-electron chi connectivity index (χ4n) is 2.87. The summed E-state index contributed by atoms with van der Waals surface area (Å²) in [5, 5.41) is 6.63. The van der Waals surface area contributed by atoms with Gasteiger partial charge in [-0.2, -0.15) is 0 Å². The summed E-state index contributed by atoms with van der Waals surface area (Å²) in [5.41, 5.74) is 3.12. The zero-order chi connectivity index (χ0) is 19.8. The molecule has 0 spiro atoms. The van der Waals surface area contributed by atoms with E-state index in [0.29, 0.717) is 12.5 Å². The van der Waals surface area contributed by atoms with E-state index in [1.54, 1.807) is 33.4 Å². The summed E-state index contributed by atoms with van der Waals surface area (Å²) in [5.74, 6) is 1.22. The molecular formula is C21H29FIN3O2. The van der Waals surface area contributed by atoms with Crippen LogP contribution < -0.4 is 15.4 Å². The molecule has 0 amide bonds. The summed E-state index contributed by atoms with van der Waals surface area (Å²) in [6.45, 7) is 4.60. The Balaban J connectivity index is 0.00000392. The van der Waals surface area contributed by atoms with Crippen molar-refractivity contribution in [2.75, 3.05) is 27.8 Å². The van der Waals surface area contributed by atoms with Gasteiger partial charge in [-0.1, -0.05) is 29.8 Å². The molecule has 0 aliphatic rings. The molecule has 0 saturated carbocycles. The predicted molar refractivity (Wildman–Crippen MR) is 122 cm³/mol. The van der Waals surface area contributed by atoms with Crippen molar-refractivity contribution in [1.29, 1.82) is 0 Å². The van der Waals surface area contributed by atoms with Gasteiger partial charge in [-0.3, -0.25) is 4.99 Å². The van der Waals surface area contributed by atoms with Crippen LogP contribution in [0.1, 0.15) is 35.8 Å². The molecule has 0 saturated heterocycles. The van der Waals surface area contributed by atoms with E-state index in [-0.39, 0.29) is 41.9 Å². The van der Waals surface area contributed by atoms with Gasteiger partial charge in [0.15, 0.2) is 5.96 Å². The maximum absolute atomic E-state index is 13.1. The third-order valence-electron chi connectivity index (χ3n) is 4.41. The van der Waals surface area contributed by atoms with Crippen LogP contribution in [0.3, 0.4) is 0 Å². The van der Waals surface area contributed by atoms with E-state index in [4.69, 9.17) is 9.47 Å². The van der Waals surface area contributed by atoms with Gasteiger partial charge in [0.1, 0.15) is 11.6 Å². The Labute approximate surface area is 183 Å². The summed E-state index contributed by atoms with van der Waals surface area (Å²) in [7, 11) is 5.02. The largest absolute Gasteiger partial charge is 0.496 e. The molecule has 0 fully saturated rings. The molecule has 154 valence electrons. The average molecular weight is 501 g/mol. The molecule has 0 bridgehead atoms. The maximum Gasteiger partial charge on any atom is 0.191 e. The highest BCUT2D eigenvalue weighted by molar-refractivity contribution is 14.0. The summed E-state index contributed by atoms with van der Waals surface area (Å²) >= 11 is 0. The third-order valence-corrected chi connectivity index (χ3v) is 4.41. The van der Waals surface area contributed by atoms with Crippen molar-refractivity contribution in [2.24, 2.45) is 4.99 Å². The number of guanidine groups is 1. The van der Waals surface area contributed by atoms with Crippen molar-refractivity contribution in [3.8, 4) is 5.75 Å². The molecule has 5 nitrogen and oxygen atoms in total. The van der Waals surface area contributed by atoms with Gasteiger partial charge in [0.05, 0.1) is 19.3 Å². The minimum Gasteiger partial charge on any atom is -0.496 e. The van der Waals surface area contributed by atoms with Crippen molar-refractivity contribution >= 4 is 29.9 Å². The van der Waals surface area contributed by atoms with Crippen LogP contribution in [0.5, 0.6) is 5.75 Å². The summed E-state index contributed by atoms with van der Waals surface area (Å²) in [6.07, 6.45) is -0.215. The van der Waals surface area contributed by atoms with E-state index >= 15 is 0 Å². The smallest absolute Gasteiger partial charge is 0.191 e. The van der Waals surface area contributed by atoms with Crippen molar-refractivity contribution in [3.63, 3.8) is 0 Å². The second kappa shape index (κ2) is 11.9. The van der Waals surface area contributed by atoms with E-state index in [0.717, 1.165) is 22.4 Å². The SMILES string of the molecule is CN=C(NCC(OC)c1ccc(F)cc1)NC(C)c1cc(C)ccc1OC.I. The second-order valence-electron chi connectivity index (χ2n) is 6.34. The minimum absolute atomic E-state index is 0. The fraction of sp³-hybridized carbons (Fsp3) is 0.381. The number of aliphatic imine (C=N–C) groups is 1. The Kier molecular flexibility index (Phi) is 10.2. The fourth-order valence-corrected chi connectivity index (χ4v) is 2.87. The average Bonchev–Trinajstić information content (AvgIpc) is 2.68. The van der Waals surface area contributed by atoms with Gasteiger partial charge in [0.2, 0.25) is 0 Å². The molecule has 2 aromatic carbocycles. The molecule has 0 aliphatic heterocycles. The van der Waals surface area contributed by atoms with Gasteiger partial charge >= 0.3 is 0 Å². The number of aryl methyl sites for hydroxylation is 1. The Morgan fingerprint density at radius 2 is 1.82 bits per heavy atom. The molecule has 7 heteroatoms. The number of nitrogens with one attached hydrogen (secondary N) is 2. The molecule has 2 unspecified atom stereocenters. The summed E-state index contributed by atoms with van der Waals surface area (Å²) < 4.78 is 24.1. The van der Waals surface area contributed by atoms with Crippen LogP contribution in [0.15, 0.2) is 47.5 Å². The number of benzene rings is 2. The van der Waals surface area contributed by atoms with Gasteiger partial charge in [-0.25, -0.2) is 4.39 Å². The molecular weight excluding hydrogens is 472 g/mol. The first-order valence-corrected chi connectivity index (χ1v) is 8.88. The van der Waals surface area contributed by atoms with Crippen LogP contribution >= 0.6 is 24.0 Å². The first kappa shape index (κ1) is 24.2. The van der Waals surface area contributed by atoms with Crippen molar-refractivity contribution < 1.29 is 13.9 Å². The molecule has 0 aliphatic carbocycles. The summed E-state index contributed by atoms with van der Waals surface area (Å²) in [4.78, 5) is 4.28. The quantitative estimate of drug-likeness (QED) is 0.336. The highest BCUT2D eigenvalue weighted by Crippen LogP contribution is 2.26. The number of rotatable bonds is 7. The Bertz CT molecular complexity index is 769. The molecule has 2 atom stereocenters. The standard InChI is InChI=1S/C21H28FN3O2.HI/c1-14-6-11-19(26-4)18(12-14)15(2)25-21(23-3)24-13-20(27-5)16-7-9-17(22)10-8-16;/h6-12,15,20H,13H2,1-5H3,(H2,23,24,25);1H. The van der Waals surface area contributed by atoms with Gasteiger partial charge < -0.3 is 20.1 Å². The van der Waals surface area contributed by atoms with Crippen molar-refractivity contribution in [1.82, 2.24) is 10.6 Å². The predicted octanol–water partition coefficient (Wildman–Crippen LogP) is 4.37.